The molecule has 2 aliphatic rings. The highest BCUT2D eigenvalue weighted by atomic mass is 19.4. The molecule has 2 aliphatic heterocycles. The van der Waals surface area contributed by atoms with Gasteiger partial charge in [0.2, 0.25) is 0 Å². The van der Waals surface area contributed by atoms with E-state index in [-0.39, 0.29) is 29.8 Å². The second-order valence-electron chi connectivity index (χ2n) is 8.15. The second-order valence-corrected chi connectivity index (χ2v) is 8.15. The quantitative estimate of drug-likeness (QED) is 0.621. The number of nitrogens with zero attached hydrogens (tertiary/aromatic N) is 4. The number of fused-ring (bicyclic) bond motifs is 1. The number of nitrogens with one attached hydrogen (secondary N) is 1. The Kier molecular flexibility index (Phi) is 5.15. The summed E-state index contributed by atoms with van der Waals surface area (Å²) in [4.78, 5) is 19.5. The molecule has 5 heterocycles. The van der Waals surface area contributed by atoms with E-state index >= 15 is 0 Å². The molecule has 0 aliphatic carbocycles. The largest absolute Gasteiger partial charge is 0.467 e. The first-order chi connectivity index (χ1) is 15.4. The summed E-state index contributed by atoms with van der Waals surface area (Å²) in [7, 11) is 0. The van der Waals surface area contributed by atoms with Crippen molar-refractivity contribution in [2.45, 2.75) is 50.0 Å². The minimum atomic E-state index is -4.52. The van der Waals surface area contributed by atoms with Crippen LogP contribution in [0.2, 0.25) is 0 Å². The number of piperidine rings is 1. The molecule has 5 rings (SSSR count). The van der Waals surface area contributed by atoms with Crippen LogP contribution in [-0.4, -0.2) is 38.3 Å². The van der Waals surface area contributed by atoms with Crippen molar-refractivity contribution in [2.75, 3.05) is 11.9 Å². The van der Waals surface area contributed by atoms with E-state index < -0.39 is 18.3 Å². The van der Waals surface area contributed by atoms with Gasteiger partial charge in [-0.1, -0.05) is 6.07 Å². The molecule has 3 aromatic heterocycles. The van der Waals surface area contributed by atoms with Crippen LogP contribution in [0.4, 0.5) is 19.0 Å². The number of aromatic nitrogens is 3. The smallest absolute Gasteiger partial charge is 0.410 e. The molecular weight excluding hydrogens is 423 g/mol. The van der Waals surface area contributed by atoms with Crippen molar-refractivity contribution in [1.29, 1.82) is 0 Å². The number of furan rings is 1. The summed E-state index contributed by atoms with van der Waals surface area (Å²) in [6.07, 6.45) is 3.83. The van der Waals surface area contributed by atoms with Gasteiger partial charge in [-0.15, -0.1) is 0 Å². The first kappa shape index (κ1) is 20.6. The maximum atomic E-state index is 13.9. The Morgan fingerprint density at radius 1 is 1.19 bits per heavy atom. The minimum Gasteiger partial charge on any atom is -0.467 e. The van der Waals surface area contributed by atoms with Gasteiger partial charge in [0.05, 0.1) is 24.5 Å². The van der Waals surface area contributed by atoms with Gasteiger partial charge in [0.15, 0.2) is 6.04 Å². The van der Waals surface area contributed by atoms with Crippen molar-refractivity contribution in [3.05, 3.63) is 66.0 Å². The lowest BCUT2D eigenvalue weighted by Crippen LogP contribution is -2.40. The summed E-state index contributed by atoms with van der Waals surface area (Å²) >= 11 is 0. The zero-order valence-corrected chi connectivity index (χ0v) is 17.1. The van der Waals surface area contributed by atoms with E-state index in [1.807, 2.05) is 12.1 Å². The molecule has 10 heteroatoms. The molecular formula is C22H22F3N5O2. The van der Waals surface area contributed by atoms with E-state index in [4.69, 9.17) is 4.42 Å². The van der Waals surface area contributed by atoms with Crippen molar-refractivity contribution in [3.63, 3.8) is 0 Å². The lowest BCUT2D eigenvalue weighted by atomic mass is 9.95. The molecule has 0 aromatic carbocycles. The van der Waals surface area contributed by atoms with Gasteiger partial charge < -0.3 is 14.6 Å². The Hall–Kier alpha value is -3.30. The third-order valence-electron chi connectivity index (χ3n) is 6.19. The highest BCUT2D eigenvalue weighted by Gasteiger charge is 2.48. The van der Waals surface area contributed by atoms with E-state index in [1.54, 1.807) is 29.4 Å². The van der Waals surface area contributed by atoms with Crippen LogP contribution in [0.3, 0.4) is 0 Å². The van der Waals surface area contributed by atoms with Gasteiger partial charge >= 0.3 is 6.18 Å². The van der Waals surface area contributed by atoms with Gasteiger partial charge in [0.25, 0.3) is 5.91 Å². The predicted octanol–water partition coefficient (Wildman–Crippen LogP) is 4.90. The number of anilines is 1. The lowest BCUT2D eigenvalue weighted by Gasteiger charge is -2.37. The van der Waals surface area contributed by atoms with Gasteiger partial charge in [-0.2, -0.15) is 18.3 Å². The molecule has 3 atom stereocenters. The Bertz CT molecular complexity index is 1080. The highest BCUT2D eigenvalue weighted by Crippen LogP contribution is 2.45. The van der Waals surface area contributed by atoms with Crippen molar-refractivity contribution in [1.82, 2.24) is 19.7 Å². The first-order valence-corrected chi connectivity index (χ1v) is 10.6. The van der Waals surface area contributed by atoms with Crippen molar-refractivity contribution >= 4 is 11.7 Å². The number of hydrogen-bond donors (Lipinski definition) is 1. The summed E-state index contributed by atoms with van der Waals surface area (Å²) in [5, 5.41) is 7.05. The van der Waals surface area contributed by atoms with E-state index in [1.165, 1.54) is 12.5 Å². The summed E-state index contributed by atoms with van der Waals surface area (Å²) in [5.74, 6) is 0.116. The fraction of sp³-hybridized carbons (Fsp3) is 0.409. The molecule has 0 radical (unpaired) electrons. The second kappa shape index (κ2) is 7.99. The highest BCUT2D eigenvalue weighted by molar-refractivity contribution is 5.99. The summed E-state index contributed by atoms with van der Waals surface area (Å²) < 4.78 is 47.8. The molecule has 1 amide bonds. The van der Waals surface area contributed by atoms with E-state index in [0.717, 1.165) is 29.5 Å². The number of carbonyl (C=O) groups is 1. The number of rotatable bonds is 3. The monoisotopic (exact) mass is 445 g/mol. The summed E-state index contributed by atoms with van der Waals surface area (Å²) in [5.41, 5.74) is 1.04. The number of likely N-dealkylation sites (tertiary alicyclic amines) is 1. The SMILES string of the molecule is O=C(c1cnn2c1NC(c1ccco1)CC2C(F)(F)F)N1CCCCC1c1cccnc1. The average Bonchev–Trinajstić information content (AvgIpc) is 3.48. The van der Waals surface area contributed by atoms with Gasteiger partial charge in [0.1, 0.15) is 17.1 Å². The Balaban J connectivity index is 1.51. The molecule has 3 aromatic rings. The van der Waals surface area contributed by atoms with Crippen molar-refractivity contribution < 1.29 is 22.4 Å². The first-order valence-electron chi connectivity index (χ1n) is 10.6. The van der Waals surface area contributed by atoms with Crippen LogP contribution < -0.4 is 5.32 Å². The van der Waals surface area contributed by atoms with E-state index in [0.29, 0.717) is 12.3 Å². The Labute approximate surface area is 182 Å². The maximum Gasteiger partial charge on any atom is 0.410 e. The zero-order valence-electron chi connectivity index (χ0n) is 17.1. The maximum absolute atomic E-state index is 13.9. The predicted molar refractivity (Wildman–Crippen MR) is 109 cm³/mol. The van der Waals surface area contributed by atoms with Gasteiger partial charge in [-0.05, 0) is 43.0 Å². The molecule has 32 heavy (non-hydrogen) atoms. The van der Waals surface area contributed by atoms with Crippen LogP contribution in [0.25, 0.3) is 0 Å². The number of alkyl halides is 3. The number of pyridine rings is 1. The zero-order chi connectivity index (χ0) is 22.3. The number of halogens is 3. The fourth-order valence-electron chi connectivity index (χ4n) is 4.64. The Morgan fingerprint density at radius 3 is 2.78 bits per heavy atom. The molecule has 1 N–H and O–H groups in total. The summed E-state index contributed by atoms with van der Waals surface area (Å²) in [6.45, 7) is 0.521. The lowest BCUT2D eigenvalue weighted by molar-refractivity contribution is -0.174. The van der Waals surface area contributed by atoms with Crippen molar-refractivity contribution in [2.24, 2.45) is 0 Å². The van der Waals surface area contributed by atoms with Crippen molar-refractivity contribution in [3.8, 4) is 0 Å². The third kappa shape index (κ3) is 3.63. The van der Waals surface area contributed by atoms with Gasteiger partial charge in [-0.3, -0.25) is 9.78 Å². The van der Waals surface area contributed by atoms with Crippen LogP contribution in [0.15, 0.2) is 53.5 Å². The normalized spacial score (nSPS) is 23.5. The molecule has 1 fully saturated rings. The van der Waals surface area contributed by atoms with E-state index in [9.17, 15) is 18.0 Å². The molecule has 7 nitrogen and oxygen atoms in total. The number of hydrogen-bond acceptors (Lipinski definition) is 5. The molecule has 0 saturated carbocycles. The molecule has 1 saturated heterocycles. The Morgan fingerprint density at radius 2 is 2.06 bits per heavy atom. The fourth-order valence-corrected chi connectivity index (χ4v) is 4.64. The molecule has 0 bridgehead atoms. The van der Waals surface area contributed by atoms with Crippen LogP contribution in [-0.2, 0) is 0 Å². The topological polar surface area (TPSA) is 76.2 Å². The van der Waals surface area contributed by atoms with Gasteiger partial charge in [0, 0.05) is 25.4 Å². The molecule has 168 valence electrons. The third-order valence-corrected chi connectivity index (χ3v) is 6.19. The van der Waals surface area contributed by atoms with Crippen LogP contribution in [0, 0.1) is 0 Å². The molecule has 0 spiro atoms. The standard InChI is InChI=1S/C22H22F3N5O2/c23-22(24,25)19-11-16(18-7-4-10-32-18)28-20-15(13-27-30(19)20)21(31)29-9-2-1-6-17(29)14-5-3-8-26-12-14/h3-5,7-8,10,12-13,16-17,19,28H,1-2,6,9,11H2. The number of carbonyl (C=O) groups excluding carboxylic acids is 1. The number of amides is 1. The van der Waals surface area contributed by atoms with E-state index in [2.05, 4.69) is 15.4 Å². The minimum absolute atomic E-state index is 0.0699. The molecule has 3 unspecified atom stereocenters. The average molecular weight is 445 g/mol. The van der Waals surface area contributed by atoms with Crippen LogP contribution in [0.1, 0.15) is 65.5 Å². The summed E-state index contributed by atoms with van der Waals surface area (Å²) in [6, 6.07) is 4.24. The van der Waals surface area contributed by atoms with Gasteiger partial charge in [-0.25, -0.2) is 4.68 Å². The van der Waals surface area contributed by atoms with Crippen LogP contribution in [0.5, 0.6) is 0 Å². The van der Waals surface area contributed by atoms with Crippen LogP contribution >= 0.6 is 0 Å².